The molecule has 0 spiro atoms. The van der Waals surface area contributed by atoms with Gasteiger partial charge in [0.15, 0.2) is 5.13 Å². The molecule has 0 saturated carbocycles. The minimum absolute atomic E-state index is 0. The first-order valence-corrected chi connectivity index (χ1v) is 14.9. The maximum Gasteiger partial charge on any atom is 0.264 e. The molecule has 0 radical (unpaired) electrons. The molecule has 4 aromatic rings. The van der Waals surface area contributed by atoms with Gasteiger partial charge in [0.05, 0.1) is 20.3 Å². The third-order valence-electron chi connectivity index (χ3n) is 6.61. The summed E-state index contributed by atoms with van der Waals surface area (Å²) in [6.07, 6.45) is 0. The highest BCUT2D eigenvalue weighted by Gasteiger charge is 2.22. The predicted molar refractivity (Wildman–Crippen MR) is 161 cm³/mol. The van der Waals surface area contributed by atoms with Crippen molar-refractivity contribution in [2.24, 2.45) is 0 Å². The molecule has 5 rings (SSSR count). The topological polar surface area (TPSA) is 85.8 Å². The summed E-state index contributed by atoms with van der Waals surface area (Å²) in [5.74, 6) is -0.227. The fourth-order valence-corrected chi connectivity index (χ4v) is 6.86. The number of thiazole rings is 1. The van der Waals surface area contributed by atoms with E-state index in [4.69, 9.17) is 16.6 Å². The quantitative estimate of drug-likeness (QED) is 0.312. The SMILES string of the molecule is CN(c1ccccc1)S(=O)(=O)c1ccc(C(=O)NCCN2CCN(c3nc4c(Cl)cccc4s3)CC2)cc1.Cl. The lowest BCUT2D eigenvalue weighted by Gasteiger charge is -2.34. The Hall–Kier alpha value is -2.89. The van der Waals surface area contributed by atoms with Gasteiger partial charge in [0, 0.05) is 51.9 Å². The third-order valence-corrected chi connectivity index (χ3v) is 9.80. The molecule has 0 atom stereocenters. The fourth-order valence-electron chi connectivity index (χ4n) is 4.34. The molecule has 39 heavy (non-hydrogen) atoms. The normalized spacial score (nSPS) is 14.2. The number of nitrogens with zero attached hydrogens (tertiary/aromatic N) is 4. The summed E-state index contributed by atoms with van der Waals surface area (Å²) in [5, 5.41) is 4.60. The first kappa shape index (κ1) is 29.1. The third kappa shape index (κ3) is 6.47. The van der Waals surface area contributed by atoms with Crippen LogP contribution >= 0.6 is 35.3 Å². The molecule has 1 aliphatic heterocycles. The number of nitrogens with one attached hydrogen (secondary N) is 1. The van der Waals surface area contributed by atoms with Gasteiger partial charge >= 0.3 is 0 Å². The van der Waals surface area contributed by atoms with Crippen LogP contribution in [0.4, 0.5) is 10.8 Å². The first-order chi connectivity index (χ1) is 18.3. The van der Waals surface area contributed by atoms with Crippen molar-refractivity contribution < 1.29 is 13.2 Å². The number of anilines is 2. The maximum atomic E-state index is 12.9. The Balaban J connectivity index is 0.00000353. The van der Waals surface area contributed by atoms with E-state index in [9.17, 15) is 13.2 Å². The number of fused-ring (bicyclic) bond motifs is 1. The monoisotopic (exact) mass is 605 g/mol. The molecule has 1 aliphatic rings. The van der Waals surface area contributed by atoms with Crippen molar-refractivity contribution >= 4 is 72.3 Å². The molecule has 1 N–H and O–H groups in total. The van der Waals surface area contributed by atoms with Crippen LogP contribution in [-0.4, -0.2) is 70.5 Å². The van der Waals surface area contributed by atoms with E-state index in [1.54, 1.807) is 47.7 Å². The van der Waals surface area contributed by atoms with E-state index in [1.807, 2.05) is 24.3 Å². The van der Waals surface area contributed by atoms with Crippen LogP contribution in [0.2, 0.25) is 5.02 Å². The molecule has 1 amide bonds. The molecule has 0 unspecified atom stereocenters. The second kappa shape index (κ2) is 12.5. The van der Waals surface area contributed by atoms with E-state index >= 15 is 0 Å². The van der Waals surface area contributed by atoms with E-state index in [0.29, 0.717) is 22.8 Å². The van der Waals surface area contributed by atoms with Crippen molar-refractivity contribution in [3.05, 3.63) is 83.4 Å². The van der Waals surface area contributed by atoms with Crippen LogP contribution in [0, 0.1) is 0 Å². The number of amides is 1. The van der Waals surface area contributed by atoms with Gasteiger partial charge in [0.25, 0.3) is 15.9 Å². The molecule has 0 aliphatic carbocycles. The van der Waals surface area contributed by atoms with Crippen LogP contribution < -0.4 is 14.5 Å². The standard InChI is InChI=1S/C27H28ClN5O3S2.ClH/c1-31(21-6-3-2-4-7-21)38(35,36)22-12-10-20(11-13-22)26(34)29-14-15-32-16-18-33(19-17-32)27-30-25-23(28)8-5-9-24(25)37-27;/h2-13H,14-19H2,1H3,(H,29,34);1H. The highest BCUT2D eigenvalue weighted by atomic mass is 35.5. The molecule has 2 heterocycles. The van der Waals surface area contributed by atoms with Crippen molar-refractivity contribution in [3.8, 4) is 0 Å². The Morgan fingerprint density at radius 1 is 1.00 bits per heavy atom. The minimum atomic E-state index is -3.72. The Bertz CT molecular complexity index is 1520. The average molecular weight is 607 g/mol. The summed E-state index contributed by atoms with van der Waals surface area (Å²) in [4.78, 5) is 22.1. The van der Waals surface area contributed by atoms with Gasteiger partial charge in [-0.1, -0.05) is 47.2 Å². The number of rotatable bonds is 8. The van der Waals surface area contributed by atoms with Crippen molar-refractivity contribution in [1.29, 1.82) is 0 Å². The number of carbonyl (C=O) groups excluding carboxylic acids is 1. The van der Waals surface area contributed by atoms with Gasteiger partial charge in [-0.15, -0.1) is 12.4 Å². The Morgan fingerprint density at radius 3 is 2.36 bits per heavy atom. The van der Waals surface area contributed by atoms with Gasteiger partial charge in [-0.25, -0.2) is 13.4 Å². The molecule has 8 nitrogen and oxygen atoms in total. The summed E-state index contributed by atoms with van der Waals surface area (Å²) in [7, 11) is -2.21. The summed E-state index contributed by atoms with van der Waals surface area (Å²) < 4.78 is 28.2. The van der Waals surface area contributed by atoms with Crippen LogP contribution in [0.25, 0.3) is 10.2 Å². The van der Waals surface area contributed by atoms with Gasteiger partial charge in [0.1, 0.15) is 5.52 Å². The van der Waals surface area contributed by atoms with E-state index < -0.39 is 10.0 Å². The van der Waals surface area contributed by atoms with Gasteiger partial charge in [0.2, 0.25) is 0 Å². The molecular weight excluding hydrogens is 577 g/mol. The van der Waals surface area contributed by atoms with Gasteiger partial charge in [-0.3, -0.25) is 14.0 Å². The zero-order chi connectivity index (χ0) is 26.7. The number of sulfonamides is 1. The molecular formula is C27H29Cl2N5O3S2. The lowest BCUT2D eigenvalue weighted by molar-refractivity contribution is 0.0947. The molecule has 1 saturated heterocycles. The van der Waals surface area contributed by atoms with Crippen molar-refractivity contribution in [2.45, 2.75) is 4.90 Å². The predicted octanol–water partition coefficient (Wildman–Crippen LogP) is 4.75. The summed E-state index contributed by atoms with van der Waals surface area (Å²) in [6.45, 7) is 4.71. The molecule has 206 valence electrons. The largest absolute Gasteiger partial charge is 0.351 e. The van der Waals surface area contributed by atoms with Gasteiger partial charge in [-0.2, -0.15) is 0 Å². The van der Waals surface area contributed by atoms with E-state index in [2.05, 4.69) is 15.1 Å². The molecule has 0 bridgehead atoms. The smallest absolute Gasteiger partial charge is 0.264 e. The van der Waals surface area contributed by atoms with Crippen LogP contribution in [0.15, 0.2) is 77.7 Å². The zero-order valence-corrected chi connectivity index (χ0v) is 24.5. The Labute approximate surface area is 243 Å². The number of hydrogen-bond acceptors (Lipinski definition) is 7. The minimum Gasteiger partial charge on any atom is -0.351 e. The Kier molecular flexibility index (Phi) is 9.35. The molecule has 1 fully saturated rings. The number of benzene rings is 3. The van der Waals surface area contributed by atoms with E-state index in [-0.39, 0.29) is 23.2 Å². The molecule has 3 aromatic carbocycles. The fraction of sp³-hybridized carbons (Fsp3) is 0.259. The number of carbonyl (C=O) groups is 1. The highest BCUT2D eigenvalue weighted by Crippen LogP contribution is 2.33. The maximum absolute atomic E-state index is 12.9. The summed E-state index contributed by atoms with van der Waals surface area (Å²) in [5.41, 5.74) is 1.85. The van der Waals surface area contributed by atoms with Gasteiger partial charge in [-0.05, 0) is 48.5 Å². The van der Waals surface area contributed by atoms with Crippen LogP contribution in [0.5, 0.6) is 0 Å². The van der Waals surface area contributed by atoms with E-state index in [1.165, 1.54) is 23.5 Å². The van der Waals surface area contributed by atoms with Gasteiger partial charge < -0.3 is 10.2 Å². The molecule has 1 aromatic heterocycles. The van der Waals surface area contributed by atoms with E-state index in [0.717, 1.165) is 48.1 Å². The second-order valence-electron chi connectivity index (χ2n) is 9.00. The zero-order valence-electron chi connectivity index (χ0n) is 21.3. The number of piperazine rings is 1. The number of hydrogen-bond donors (Lipinski definition) is 1. The van der Waals surface area contributed by atoms with Crippen LogP contribution in [-0.2, 0) is 10.0 Å². The van der Waals surface area contributed by atoms with Crippen molar-refractivity contribution in [1.82, 2.24) is 15.2 Å². The van der Waals surface area contributed by atoms with Crippen molar-refractivity contribution in [2.75, 3.05) is 55.5 Å². The number of para-hydroxylation sites is 2. The second-order valence-corrected chi connectivity index (χ2v) is 12.4. The van der Waals surface area contributed by atoms with Crippen LogP contribution in [0.1, 0.15) is 10.4 Å². The lowest BCUT2D eigenvalue weighted by atomic mass is 10.2. The first-order valence-electron chi connectivity index (χ1n) is 12.3. The number of halogens is 2. The Morgan fingerprint density at radius 2 is 1.69 bits per heavy atom. The summed E-state index contributed by atoms with van der Waals surface area (Å²) in [6, 6.07) is 20.7. The average Bonchev–Trinajstić information content (AvgIpc) is 3.39. The van der Waals surface area contributed by atoms with Crippen molar-refractivity contribution in [3.63, 3.8) is 0 Å². The molecule has 12 heteroatoms. The highest BCUT2D eigenvalue weighted by molar-refractivity contribution is 7.92. The summed E-state index contributed by atoms with van der Waals surface area (Å²) >= 11 is 7.93. The number of aromatic nitrogens is 1. The lowest BCUT2D eigenvalue weighted by Crippen LogP contribution is -2.48. The van der Waals surface area contributed by atoms with Crippen LogP contribution in [0.3, 0.4) is 0 Å².